The van der Waals surface area contributed by atoms with Gasteiger partial charge in [0, 0.05) is 30.3 Å². The Morgan fingerprint density at radius 2 is 2.10 bits per heavy atom. The Morgan fingerprint density at radius 1 is 1.29 bits per heavy atom. The number of rotatable bonds is 8. The number of para-hydroxylation sites is 2. The molecule has 7 nitrogen and oxygen atoms in total. The minimum Gasteiger partial charge on any atom is -0.362 e. The van der Waals surface area contributed by atoms with Crippen LogP contribution >= 0.6 is 11.8 Å². The number of benzene rings is 2. The molecule has 8 heteroatoms. The number of hydrogen-bond donors (Lipinski definition) is 3. The van der Waals surface area contributed by atoms with Crippen molar-refractivity contribution in [2.45, 2.75) is 29.9 Å². The topological polar surface area (TPSA) is 96.3 Å². The van der Waals surface area contributed by atoms with E-state index in [1.54, 1.807) is 11.8 Å². The highest BCUT2D eigenvalue weighted by atomic mass is 32.2. The zero-order valence-corrected chi connectivity index (χ0v) is 18.5. The first-order valence-electron chi connectivity index (χ1n) is 10.6. The summed E-state index contributed by atoms with van der Waals surface area (Å²) in [6.45, 7) is 2.61. The number of nitrogens with zero attached hydrogens (tertiary/aromatic N) is 2. The molecule has 164 valence electrons. The molecule has 1 unspecified atom stereocenters. The Bertz CT molecular complexity index is 983. The molecule has 1 saturated heterocycles. The highest BCUT2D eigenvalue weighted by molar-refractivity contribution is 7.99. The third-order valence-corrected chi connectivity index (χ3v) is 6.48. The lowest BCUT2D eigenvalue weighted by Crippen LogP contribution is -2.35. The molecule has 0 bridgehead atoms. The number of fused-ring (bicyclic) bond motifs is 1. The summed E-state index contributed by atoms with van der Waals surface area (Å²) in [6.07, 6.45) is 1.97. The number of imidazole rings is 1. The summed E-state index contributed by atoms with van der Waals surface area (Å²) in [4.78, 5) is 22.6. The van der Waals surface area contributed by atoms with Crippen molar-refractivity contribution in [1.29, 1.82) is 0 Å². The van der Waals surface area contributed by atoms with Crippen molar-refractivity contribution in [2.75, 3.05) is 32.4 Å². The maximum absolute atomic E-state index is 10.9. The number of carbonyl (C=O) groups excluding carboxylic acids is 1. The number of amides is 2. The summed E-state index contributed by atoms with van der Waals surface area (Å²) in [7, 11) is 2.15. The monoisotopic (exact) mass is 439 g/mol. The van der Waals surface area contributed by atoms with Gasteiger partial charge in [0.15, 0.2) is 0 Å². The molecule has 4 N–H and O–H groups in total. The summed E-state index contributed by atoms with van der Waals surface area (Å²) < 4.78 is 6.65. The van der Waals surface area contributed by atoms with Gasteiger partial charge in [-0.3, -0.25) is 0 Å². The fourth-order valence-electron chi connectivity index (χ4n) is 3.82. The number of nitrogens with one attached hydrogen (secondary N) is 2. The van der Waals surface area contributed by atoms with Crippen LogP contribution in [0.2, 0.25) is 0 Å². The first kappa shape index (κ1) is 21.7. The third kappa shape index (κ3) is 5.78. The maximum Gasteiger partial charge on any atom is 0.312 e. The van der Waals surface area contributed by atoms with Crippen molar-refractivity contribution in [1.82, 2.24) is 20.2 Å². The number of H-pyrrole nitrogens is 1. The predicted molar refractivity (Wildman–Crippen MR) is 124 cm³/mol. The maximum atomic E-state index is 10.9. The SMILES string of the molecule is CN1CCC(OC(c2cccc(SCCNC(N)=O)c2)c2nc3ccccc3[nH]2)CC1. The summed E-state index contributed by atoms with van der Waals surface area (Å²) >= 11 is 1.68. The van der Waals surface area contributed by atoms with Crippen LogP contribution in [0.25, 0.3) is 11.0 Å². The Balaban J connectivity index is 1.56. The van der Waals surface area contributed by atoms with Gasteiger partial charge >= 0.3 is 6.03 Å². The second-order valence-corrected chi connectivity index (χ2v) is 9.04. The second-order valence-electron chi connectivity index (χ2n) is 7.87. The lowest BCUT2D eigenvalue weighted by molar-refractivity contribution is -0.0264. The van der Waals surface area contributed by atoms with Gasteiger partial charge in [-0.25, -0.2) is 9.78 Å². The molecule has 0 spiro atoms. The van der Waals surface area contributed by atoms with Crippen molar-refractivity contribution >= 4 is 28.8 Å². The number of piperidine rings is 1. The Kier molecular flexibility index (Phi) is 7.11. The molecular formula is C23H29N5O2S. The molecule has 0 radical (unpaired) electrons. The average Bonchev–Trinajstić information content (AvgIpc) is 3.20. The van der Waals surface area contributed by atoms with E-state index in [9.17, 15) is 4.79 Å². The van der Waals surface area contributed by atoms with E-state index in [4.69, 9.17) is 15.5 Å². The molecule has 31 heavy (non-hydrogen) atoms. The highest BCUT2D eigenvalue weighted by Crippen LogP contribution is 2.32. The van der Waals surface area contributed by atoms with Gasteiger partial charge in [0.2, 0.25) is 0 Å². The van der Waals surface area contributed by atoms with Gasteiger partial charge in [-0.2, -0.15) is 0 Å². The van der Waals surface area contributed by atoms with E-state index in [-0.39, 0.29) is 12.2 Å². The van der Waals surface area contributed by atoms with Crippen molar-refractivity contribution in [3.05, 3.63) is 59.9 Å². The predicted octanol–water partition coefficient (Wildman–Crippen LogP) is 3.52. The number of nitrogens with two attached hydrogens (primary N) is 1. The molecular weight excluding hydrogens is 410 g/mol. The largest absolute Gasteiger partial charge is 0.362 e. The third-order valence-electron chi connectivity index (χ3n) is 5.48. The van der Waals surface area contributed by atoms with Gasteiger partial charge in [-0.15, -0.1) is 11.8 Å². The fraction of sp³-hybridized carbons (Fsp3) is 0.391. The fourth-order valence-corrected chi connectivity index (χ4v) is 4.66. The molecule has 2 amide bonds. The molecule has 1 atom stereocenters. The number of hydrogen-bond acceptors (Lipinski definition) is 5. The first-order valence-corrected chi connectivity index (χ1v) is 11.6. The first-order chi connectivity index (χ1) is 15.1. The van der Waals surface area contributed by atoms with Crippen molar-refractivity contribution in [2.24, 2.45) is 5.73 Å². The highest BCUT2D eigenvalue weighted by Gasteiger charge is 2.26. The molecule has 4 rings (SSSR count). The lowest BCUT2D eigenvalue weighted by atomic mass is 10.1. The molecule has 2 aromatic carbocycles. The van der Waals surface area contributed by atoms with Crippen molar-refractivity contribution in [3.63, 3.8) is 0 Å². The number of ether oxygens (including phenoxy) is 1. The van der Waals surface area contributed by atoms with Crippen LogP contribution in [0, 0.1) is 0 Å². The summed E-state index contributed by atoms with van der Waals surface area (Å²) in [5.74, 6) is 1.58. The van der Waals surface area contributed by atoms with Gasteiger partial charge in [0.05, 0.1) is 17.1 Å². The van der Waals surface area contributed by atoms with Gasteiger partial charge in [-0.05, 0) is 49.7 Å². The number of likely N-dealkylation sites (tertiary alicyclic amines) is 1. The zero-order chi connectivity index (χ0) is 21.6. The molecule has 1 aliphatic rings. The van der Waals surface area contributed by atoms with Crippen LogP contribution in [0.1, 0.15) is 30.3 Å². The molecule has 1 aliphatic heterocycles. The van der Waals surface area contributed by atoms with E-state index in [1.807, 2.05) is 30.3 Å². The number of carbonyl (C=O) groups is 1. The number of primary amides is 1. The molecule has 3 aromatic rings. The molecule has 1 fully saturated rings. The average molecular weight is 440 g/mol. The van der Waals surface area contributed by atoms with Crippen LogP contribution in [0.3, 0.4) is 0 Å². The van der Waals surface area contributed by atoms with Crippen LogP contribution in [-0.2, 0) is 4.74 Å². The summed E-state index contributed by atoms with van der Waals surface area (Å²) in [5.41, 5.74) is 8.17. The Morgan fingerprint density at radius 3 is 2.87 bits per heavy atom. The smallest absolute Gasteiger partial charge is 0.312 e. The number of thioether (sulfide) groups is 1. The quantitative estimate of drug-likeness (QED) is 0.369. The minimum atomic E-state index is -0.495. The van der Waals surface area contributed by atoms with Gasteiger partial charge in [-0.1, -0.05) is 24.3 Å². The number of aromatic nitrogens is 2. The molecule has 0 saturated carbocycles. The summed E-state index contributed by atoms with van der Waals surface area (Å²) in [6, 6.07) is 15.9. The summed E-state index contributed by atoms with van der Waals surface area (Å²) in [5, 5.41) is 2.63. The minimum absolute atomic E-state index is 0.200. The van der Waals surface area contributed by atoms with E-state index < -0.39 is 6.03 Å². The van der Waals surface area contributed by atoms with Gasteiger partial charge in [0.1, 0.15) is 11.9 Å². The number of urea groups is 1. The van der Waals surface area contributed by atoms with Crippen LogP contribution in [0.4, 0.5) is 4.79 Å². The standard InChI is InChI=1S/C23H29N5O2S/c1-28-12-9-17(10-13-28)30-21(22-26-19-7-2-3-8-20(19)27-22)16-5-4-6-18(15-16)31-14-11-25-23(24)29/h2-8,15,17,21H,9-14H2,1H3,(H,26,27)(H3,24,25,29). The van der Waals surface area contributed by atoms with Crippen molar-refractivity contribution in [3.8, 4) is 0 Å². The van der Waals surface area contributed by atoms with E-state index in [2.05, 4.69) is 40.4 Å². The number of aromatic amines is 1. The Labute approximate surface area is 186 Å². The molecule has 2 heterocycles. The van der Waals surface area contributed by atoms with Crippen LogP contribution in [0.5, 0.6) is 0 Å². The van der Waals surface area contributed by atoms with Crippen molar-refractivity contribution < 1.29 is 9.53 Å². The molecule has 0 aliphatic carbocycles. The van der Waals surface area contributed by atoms with E-state index in [0.29, 0.717) is 6.54 Å². The van der Waals surface area contributed by atoms with Gasteiger partial charge < -0.3 is 25.7 Å². The van der Waals surface area contributed by atoms with E-state index >= 15 is 0 Å². The second kappa shape index (κ2) is 10.2. The van der Waals surface area contributed by atoms with Crippen LogP contribution < -0.4 is 11.1 Å². The lowest BCUT2D eigenvalue weighted by Gasteiger charge is -2.31. The van der Waals surface area contributed by atoms with Crippen LogP contribution in [0.15, 0.2) is 53.4 Å². The van der Waals surface area contributed by atoms with Gasteiger partial charge in [0.25, 0.3) is 0 Å². The normalized spacial score (nSPS) is 16.4. The molecule has 1 aromatic heterocycles. The van der Waals surface area contributed by atoms with E-state index in [0.717, 1.165) is 59.0 Å². The van der Waals surface area contributed by atoms with Crippen LogP contribution in [-0.4, -0.2) is 59.4 Å². The Hall–Kier alpha value is -2.55. The van der Waals surface area contributed by atoms with E-state index in [1.165, 1.54) is 0 Å². The zero-order valence-electron chi connectivity index (χ0n) is 17.7.